The molecule has 0 unspecified atom stereocenters. The average molecular weight is 245 g/mol. The molecule has 0 spiro atoms. The van der Waals surface area contributed by atoms with Crippen LogP contribution in [-0.4, -0.2) is 19.6 Å². The Bertz CT molecular complexity index is 614. The molecule has 0 aliphatic carbocycles. The van der Waals surface area contributed by atoms with E-state index >= 15 is 0 Å². The van der Waals surface area contributed by atoms with Crippen molar-refractivity contribution in [3.05, 3.63) is 60.1 Å². The van der Waals surface area contributed by atoms with E-state index in [1.54, 1.807) is 21.8 Å². The molecule has 17 heavy (non-hydrogen) atoms. The third-order valence-electron chi connectivity index (χ3n) is 2.45. The molecule has 0 aliphatic rings. The summed E-state index contributed by atoms with van der Waals surface area (Å²) in [5.41, 5.74) is 1.72. The van der Waals surface area contributed by atoms with E-state index in [9.17, 15) is 0 Å². The van der Waals surface area contributed by atoms with Crippen molar-refractivity contribution in [2.75, 3.05) is 0 Å². The van der Waals surface area contributed by atoms with Crippen molar-refractivity contribution in [1.82, 2.24) is 19.6 Å². The molecule has 5 heteroatoms. The van der Waals surface area contributed by atoms with Crippen molar-refractivity contribution in [2.24, 2.45) is 0 Å². The summed E-state index contributed by atoms with van der Waals surface area (Å²) in [5, 5.41) is 9.06. The summed E-state index contributed by atoms with van der Waals surface area (Å²) < 4.78 is 3.50. The molecular formula is C12H9ClN4. The van der Waals surface area contributed by atoms with E-state index in [1.165, 1.54) is 0 Å². The molecule has 3 rings (SSSR count). The topological polar surface area (TPSA) is 35.6 Å². The van der Waals surface area contributed by atoms with Gasteiger partial charge in [0.25, 0.3) is 0 Å². The lowest BCUT2D eigenvalue weighted by atomic mass is 10.2. The third-order valence-corrected chi connectivity index (χ3v) is 2.76. The molecule has 0 aliphatic heterocycles. The highest BCUT2D eigenvalue weighted by atomic mass is 35.5. The van der Waals surface area contributed by atoms with E-state index in [-0.39, 0.29) is 0 Å². The first-order chi connectivity index (χ1) is 8.36. The number of hydrogen-bond acceptors (Lipinski definition) is 2. The van der Waals surface area contributed by atoms with Crippen LogP contribution in [0, 0.1) is 0 Å². The van der Waals surface area contributed by atoms with E-state index < -0.39 is 0 Å². The van der Waals surface area contributed by atoms with Gasteiger partial charge in [-0.25, -0.2) is 9.36 Å². The largest absolute Gasteiger partial charge is 0.239 e. The van der Waals surface area contributed by atoms with Crippen LogP contribution in [0.2, 0.25) is 5.02 Å². The fraction of sp³-hybridized carbons (Fsp3) is 0. The smallest absolute Gasteiger partial charge is 0.109 e. The Balaban J connectivity index is 2.26. The lowest BCUT2D eigenvalue weighted by molar-refractivity contribution is 0.825. The van der Waals surface area contributed by atoms with Gasteiger partial charge in [0.15, 0.2) is 0 Å². The minimum Gasteiger partial charge on any atom is -0.239 e. The molecule has 2 aromatic heterocycles. The normalized spacial score (nSPS) is 10.6. The van der Waals surface area contributed by atoms with Crippen LogP contribution in [0.4, 0.5) is 0 Å². The number of para-hydroxylation sites is 1. The van der Waals surface area contributed by atoms with Crippen LogP contribution in [0.5, 0.6) is 0 Å². The first-order valence-electron chi connectivity index (χ1n) is 5.15. The number of nitrogens with zero attached hydrogens (tertiary/aromatic N) is 4. The third kappa shape index (κ3) is 1.72. The van der Waals surface area contributed by atoms with E-state index in [2.05, 4.69) is 10.2 Å². The molecule has 0 atom stereocenters. The standard InChI is InChI=1S/C12H9ClN4/c13-10-4-1-5-11(16-8-2-6-14-16)12(10)17-9-3-7-15-17/h1-9H. The monoisotopic (exact) mass is 244 g/mol. The zero-order valence-corrected chi connectivity index (χ0v) is 9.62. The zero-order valence-electron chi connectivity index (χ0n) is 8.86. The molecule has 2 heterocycles. The lowest BCUT2D eigenvalue weighted by Crippen LogP contribution is -2.04. The maximum Gasteiger partial charge on any atom is 0.109 e. The van der Waals surface area contributed by atoms with Crippen LogP contribution in [0.15, 0.2) is 55.1 Å². The molecular weight excluding hydrogens is 236 g/mol. The van der Waals surface area contributed by atoms with Gasteiger partial charge in [-0.1, -0.05) is 17.7 Å². The molecule has 0 bridgehead atoms. The molecule has 0 radical (unpaired) electrons. The quantitative estimate of drug-likeness (QED) is 0.695. The van der Waals surface area contributed by atoms with Crippen molar-refractivity contribution in [3.8, 4) is 11.4 Å². The number of benzene rings is 1. The van der Waals surface area contributed by atoms with Crippen LogP contribution in [0.3, 0.4) is 0 Å². The molecule has 0 saturated heterocycles. The van der Waals surface area contributed by atoms with Crippen molar-refractivity contribution in [1.29, 1.82) is 0 Å². The van der Waals surface area contributed by atoms with Crippen molar-refractivity contribution in [2.45, 2.75) is 0 Å². The maximum absolute atomic E-state index is 6.24. The van der Waals surface area contributed by atoms with E-state index in [0.29, 0.717) is 5.02 Å². The van der Waals surface area contributed by atoms with E-state index in [1.807, 2.05) is 42.7 Å². The second kappa shape index (κ2) is 4.07. The number of halogens is 1. The Morgan fingerprint density at radius 1 is 0.882 bits per heavy atom. The van der Waals surface area contributed by atoms with Crippen LogP contribution >= 0.6 is 11.6 Å². The van der Waals surface area contributed by atoms with Crippen molar-refractivity contribution < 1.29 is 0 Å². The van der Waals surface area contributed by atoms with Gasteiger partial charge in [-0.2, -0.15) is 10.2 Å². The maximum atomic E-state index is 6.24. The molecule has 0 N–H and O–H groups in total. The minimum atomic E-state index is 0.640. The summed E-state index contributed by atoms with van der Waals surface area (Å²) in [6.07, 6.45) is 7.18. The Morgan fingerprint density at radius 2 is 1.59 bits per heavy atom. The van der Waals surface area contributed by atoms with E-state index in [0.717, 1.165) is 11.4 Å². The summed E-state index contributed by atoms with van der Waals surface area (Å²) in [4.78, 5) is 0. The summed E-state index contributed by atoms with van der Waals surface area (Å²) in [6, 6.07) is 9.41. The van der Waals surface area contributed by atoms with Crippen molar-refractivity contribution >= 4 is 11.6 Å². The Morgan fingerprint density at radius 3 is 2.24 bits per heavy atom. The SMILES string of the molecule is Clc1cccc(-n2cccn2)c1-n1cccn1. The highest BCUT2D eigenvalue weighted by Gasteiger charge is 2.10. The van der Waals surface area contributed by atoms with Gasteiger partial charge < -0.3 is 0 Å². The fourth-order valence-corrected chi connectivity index (χ4v) is 1.98. The summed E-state index contributed by atoms with van der Waals surface area (Å²) in [5.74, 6) is 0. The van der Waals surface area contributed by atoms with Gasteiger partial charge >= 0.3 is 0 Å². The zero-order chi connectivity index (χ0) is 11.7. The summed E-state index contributed by atoms with van der Waals surface area (Å²) in [6.45, 7) is 0. The van der Waals surface area contributed by atoms with Gasteiger partial charge in [-0.3, -0.25) is 0 Å². The molecule has 4 nitrogen and oxygen atoms in total. The highest BCUT2D eigenvalue weighted by molar-refractivity contribution is 6.32. The molecule has 3 aromatic rings. The fourth-order valence-electron chi connectivity index (χ4n) is 1.73. The molecule has 84 valence electrons. The van der Waals surface area contributed by atoms with E-state index in [4.69, 9.17) is 11.6 Å². The second-order valence-corrected chi connectivity index (χ2v) is 3.92. The number of hydrogen-bond donors (Lipinski definition) is 0. The van der Waals surface area contributed by atoms with Gasteiger partial charge in [0.2, 0.25) is 0 Å². The van der Waals surface area contributed by atoms with Crippen LogP contribution in [-0.2, 0) is 0 Å². The number of rotatable bonds is 2. The van der Waals surface area contributed by atoms with Gasteiger partial charge in [0, 0.05) is 24.8 Å². The second-order valence-electron chi connectivity index (χ2n) is 3.51. The Kier molecular flexibility index (Phi) is 2.42. The molecule has 0 saturated carbocycles. The van der Waals surface area contributed by atoms with Gasteiger partial charge in [0.1, 0.15) is 5.69 Å². The first kappa shape index (κ1) is 10.1. The highest BCUT2D eigenvalue weighted by Crippen LogP contribution is 2.26. The Hall–Kier alpha value is -2.07. The predicted molar refractivity (Wildman–Crippen MR) is 65.7 cm³/mol. The summed E-state index contributed by atoms with van der Waals surface area (Å²) in [7, 11) is 0. The van der Waals surface area contributed by atoms with Crippen molar-refractivity contribution in [3.63, 3.8) is 0 Å². The van der Waals surface area contributed by atoms with Crippen LogP contribution < -0.4 is 0 Å². The summed E-state index contributed by atoms with van der Waals surface area (Å²) >= 11 is 6.24. The first-order valence-corrected chi connectivity index (χ1v) is 5.52. The minimum absolute atomic E-state index is 0.640. The molecule has 0 amide bonds. The lowest BCUT2D eigenvalue weighted by Gasteiger charge is -2.11. The average Bonchev–Trinajstić information content (AvgIpc) is 3.02. The van der Waals surface area contributed by atoms with Crippen LogP contribution in [0.1, 0.15) is 0 Å². The number of aromatic nitrogens is 4. The van der Waals surface area contributed by atoms with Crippen LogP contribution in [0.25, 0.3) is 11.4 Å². The Labute approximate surface area is 103 Å². The predicted octanol–water partition coefficient (Wildman–Crippen LogP) is 2.71. The van der Waals surface area contributed by atoms with Gasteiger partial charge in [-0.15, -0.1) is 0 Å². The molecule has 1 aromatic carbocycles. The van der Waals surface area contributed by atoms with Gasteiger partial charge in [-0.05, 0) is 24.3 Å². The molecule has 0 fully saturated rings. The van der Waals surface area contributed by atoms with Gasteiger partial charge in [0.05, 0.1) is 10.7 Å².